The first-order valence-electron chi connectivity index (χ1n) is 20.8. The molecule has 0 radical (unpaired) electrons. The molecule has 10 nitrogen and oxygen atoms in total. The molecule has 0 spiro atoms. The third-order valence-corrected chi connectivity index (χ3v) is 13.3. The molecule has 2 N–H and O–H groups in total. The molecule has 4 aromatic heterocycles. The van der Waals surface area contributed by atoms with Gasteiger partial charge in [0.25, 0.3) is 0 Å². The minimum absolute atomic E-state index is 0.126. The topological polar surface area (TPSA) is 146 Å². The number of hydrogen-bond acceptors (Lipinski definition) is 10. The number of fused-ring (bicyclic) bond motifs is 7. The average Bonchev–Trinajstić information content (AvgIpc) is 3.35. The fourth-order valence-corrected chi connectivity index (χ4v) is 10.5. The first-order chi connectivity index (χ1) is 33.0. The van der Waals surface area contributed by atoms with Crippen LogP contribution in [0.1, 0.15) is 34.3 Å². The zero-order valence-corrected chi connectivity index (χ0v) is 45.1. The van der Waals surface area contributed by atoms with Gasteiger partial charge in [-0.15, -0.1) is 6.58 Å². The molecule has 336 valence electrons. The number of halogens is 6. The summed E-state index contributed by atoms with van der Waals surface area (Å²) in [5.41, 5.74) is 17.1. The van der Waals surface area contributed by atoms with Crippen LogP contribution < -0.4 is 5.73 Å². The van der Waals surface area contributed by atoms with Crippen molar-refractivity contribution in [2.24, 2.45) is 4.99 Å². The van der Waals surface area contributed by atoms with Gasteiger partial charge in [0.1, 0.15) is 24.8 Å². The summed E-state index contributed by atoms with van der Waals surface area (Å²) in [5, 5.41) is 3.92. The molecular formula is C52H35Br6N9O. The number of nitrogens with two attached hydrogens (primary N) is 1. The largest absolute Gasteiger partial charge is 0.397 e. The van der Waals surface area contributed by atoms with Crippen LogP contribution in [-0.2, 0) is 6.42 Å². The number of para-hydroxylation sites is 1. The summed E-state index contributed by atoms with van der Waals surface area (Å²) in [6.07, 6.45) is 3.98. The molecule has 0 amide bonds. The van der Waals surface area contributed by atoms with Crippen LogP contribution in [-0.4, -0.2) is 46.4 Å². The van der Waals surface area contributed by atoms with Gasteiger partial charge in [0, 0.05) is 44.8 Å². The molecular weight excluding hydrogens is 1250 g/mol. The molecule has 11 rings (SSSR count). The van der Waals surface area contributed by atoms with Crippen LogP contribution in [0.3, 0.4) is 0 Å². The first kappa shape index (κ1) is 48.9. The van der Waals surface area contributed by atoms with Gasteiger partial charge in [-0.05, 0) is 150 Å². The van der Waals surface area contributed by atoms with Gasteiger partial charge < -0.3 is 5.73 Å². The number of benzene rings is 6. The van der Waals surface area contributed by atoms with Crippen LogP contribution in [0.15, 0.2) is 191 Å². The Labute approximate surface area is 441 Å². The Balaban J connectivity index is 0.000000128. The summed E-state index contributed by atoms with van der Waals surface area (Å²) in [7, 11) is 0. The number of nitrogens with zero attached hydrogens (tertiary/aromatic N) is 8. The maximum absolute atomic E-state index is 11.2. The number of carbonyl (C=O) groups excluding carboxylic acids is 1. The molecule has 0 aliphatic carbocycles. The maximum atomic E-state index is 11.2. The van der Waals surface area contributed by atoms with Gasteiger partial charge in [-0.25, -0.2) is 34.9 Å². The summed E-state index contributed by atoms with van der Waals surface area (Å²) in [4.78, 5) is 46.8. The Morgan fingerprint density at radius 1 is 0.515 bits per heavy atom. The van der Waals surface area contributed by atoms with Crippen molar-refractivity contribution in [3.63, 3.8) is 0 Å². The molecule has 1 aliphatic heterocycles. The molecule has 1 aliphatic rings. The lowest BCUT2D eigenvalue weighted by atomic mass is 9.96. The number of Topliss-reactive ketones (excluding diaryl/α,β-unsaturated/α-hetero) is 1. The molecule has 10 aromatic rings. The molecule has 0 saturated heterocycles. The highest BCUT2D eigenvalue weighted by Crippen LogP contribution is 2.37. The molecule has 68 heavy (non-hydrogen) atoms. The van der Waals surface area contributed by atoms with E-state index in [1.165, 1.54) is 11.1 Å². The van der Waals surface area contributed by atoms with Crippen molar-refractivity contribution in [3.05, 3.63) is 203 Å². The van der Waals surface area contributed by atoms with Gasteiger partial charge in [0.2, 0.25) is 0 Å². The number of aryl methyl sites for hydroxylation is 1. The van der Waals surface area contributed by atoms with E-state index in [1.807, 2.05) is 103 Å². The van der Waals surface area contributed by atoms with Crippen LogP contribution in [0.5, 0.6) is 0 Å². The first-order valence-corrected chi connectivity index (χ1v) is 25.5. The standard InChI is InChI=1S/C17H11Br2N3.C17H9Br2N3.C10H10O.C8H5Br2N3/c2*18-16-12-8-6-11-7-9-13(10-4-2-1-3-5-10)20-14(11)15(12)21-17(19)22-16;1-2-6-10(11)9-7-4-3-5-8-9;9-7-4-2-1-3-5(11)6(4)12-8(10)13-7/h1-6,8H,7,9H2;1-9H;2-5,7-8H,1,6H2;1-3H,11H2. The van der Waals surface area contributed by atoms with E-state index in [0.717, 1.165) is 98.5 Å². The van der Waals surface area contributed by atoms with Gasteiger partial charge in [0.15, 0.2) is 20.0 Å². The Kier molecular flexibility index (Phi) is 16.4. The highest BCUT2D eigenvalue weighted by molar-refractivity contribution is 9.11. The van der Waals surface area contributed by atoms with Gasteiger partial charge in [-0.2, -0.15) is 0 Å². The summed E-state index contributed by atoms with van der Waals surface area (Å²) >= 11 is 20.3. The van der Waals surface area contributed by atoms with E-state index in [1.54, 1.807) is 6.08 Å². The average molecular weight is 1280 g/mol. The van der Waals surface area contributed by atoms with Gasteiger partial charge >= 0.3 is 0 Å². The predicted molar refractivity (Wildman–Crippen MR) is 297 cm³/mol. The number of hydrogen-bond donors (Lipinski definition) is 1. The third-order valence-electron chi connectivity index (χ3n) is 10.5. The smallest absolute Gasteiger partial charge is 0.198 e. The van der Waals surface area contributed by atoms with E-state index in [2.05, 4.69) is 175 Å². The van der Waals surface area contributed by atoms with Crippen molar-refractivity contribution >= 4 is 162 Å². The lowest BCUT2D eigenvalue weighted by Crippen LogP contribution is -2.08. The number of allylic oxidation sites excluding steroid dienone is 1. The highest BCUT2D eigenvalue weighted by atomic mass is 79.9. The van der Waals surface area contributed by atoms with Crippen LogP contribution in [0.25, 0.3) is 54.9 Å². The number of carbonyl (C=O) groups is 1. The van der Waals surface area contributed by atoms with E-state index >= 15 is 0 Å². The lowest BCUT2D eigenvalue weighted by molar-refractivity contribution is 0.0996. The van der Waals surface area contributed by atoms with Gasteiger partial charge in [-0.3, -0.25) is 9.79 Å². The van der Waals surface area contributed by atoms with Crippen molar-refractivity contribution in [3.8, 4) is 11.3 Å². The number of anilines is 1. The van der Waals surface area contributed by atoms with Crippen molar-refractivity contribution in [1.29, 1.82) is 0 Å². The number of nitrogen functional groups attached to an aromatic ring is 1. The summed E-state index contributed by atoms with van der Waals surface area (Å²) in [5.74, 6) is 0.126. The number of rotatable bonds is 5. The van der Waals surface area contributed by atoms with Crippen LogP contribution in [0.2, 0.25) is 0 Å². The molecule has 16 heteroatoms. The van der Waals surface area contributed by atoms with Gasteiger partial charge in [0.05, 0.1) is 28.1 Å². The Bertz CT molecular complexity index is 3510. The molecule has 0 saturated carbocycles. The second-order valence-electron chi connectivity index (χ2n) is 14.9. The second kappa shape index (κ2) is 22.7. The van der Waals surface area contributed by atoms with E-state index < -0.39 is 0 Å². The highest BCUT2D eigenvalue weighted by Gasteiger charge is 2.19. The number of pyridine rings is 1. The fourth-order valence-electron chi connectivity index (χ4n) is 7.24. The normalized spacial score (nSPS) is 11.6. The second-order valence-corrected chi connectivity index (χ2v) is 19.2. The molecule has 0 fully saturated rings. The third kappa shape index (κ3) is 11.7. The monoisotopic (exact) mass is 1270 g/mol. The minimum atomic E-state index is 0.126. The molecule has 0 atom stereocenters. The zero-order chi connectivity index (χ0) is 47.7. The van der Waals surface area contributed by atoms with Crippen molar-refractivity contribution in [2.75, 3.05) is 5.73 Å². The zero-order valence-electron chi connectivity index (χ0n) is 35.6. The summed E-state index contributed by atoms with van der Waals surface area (Å²) in [6, 6.07) is 47.7. The molecule has 0 bridgehead atoms. The Hall–Kier alpha value is -5.49. The van der Waals surface area contributed by atoms with Crippen LogP contribution in [0.4, 0.5) is 11.4 Å². The molecule has 0 unspecified atom stereocenters. The SMILES string of the molecule is Brc1nc(Br)c2ccc3c(c2n1)N=C(c1ccccc1)CC3.Brc1nc(Br)c2ccc3ccc(-c4ccccc4)nc3c2n1.C=CCC(=O)c1ccccc1.Nc1cccc2c(Br)nc(Br)nc12. The molecule has 5 heterocycles. The Morgan fingerprint density at radius 3 is 1.68 bits per heavy atom. The number of aromatic nitrogens is 7. The number of aliphatic imine (C=N–C) groups is 1. The van der Waals surface area contributed by atoms with E-state index in [9.17, 15) is 4.79 Å². The maximum Gasteiger partial charge on any atom is 0.198 e. The fraction of sp³-hybridized carbons (Fsp3) is 0.0577. The van der Waals surface area contributed by atoms with Crippen molar-refractivity contribution in [1.82, 2.24) is 34.9 Å². The lowest BCUT2D eigenvalue weighted by Gasteiger charge is -2.17. The van der Waals surface area contributed by atoms with E-state index in [-0.39, 0.29) is 5.78 Å². The summed E-state index contributed by atoms with van der Waals surface area (Å²) < 4.78 is 3.95. The van der Waals surface area contributed by atoms with Crippen LogP contribution in [0, 0.1) is 0 Å². The van der Waals surface area contributed by atoms with Crippen molar-refractivity contribution < 1.29 is 4.79 Å². The van der Waals surface area contributed by atoms with Crippen LogP contribution >= 0.6 is 95.6 Å². The predicted octanol–water partition coefficient (Wildman–Crippen LogP) is 15.8. The van der Waals surface area contributed by atoms with Gasteiger partial charge in [-0.1, -0.05) is 121 Å². The van der Waals surface area contributed by atoms with E-state index in [4.69, 9.17) is 15.7 Å². The Morgan fingerprint density at radius 2 is 1.04 bits per heavy atom. The van der Waals surface area contributed by atoms with Crippen molar-refractivity contribution in [2.45, 2.75) is 19.3 Å². The number of ketones is 1. The molecule has 6 aromatic carbocycles. The minimum Gasteiger partial charge on any atom is -0.397 e. The quantitative estimate of drug-likeness (QED) is 0.0444. The summed E-state index contributed by atoms with van der Waals surface area (Å²) in [6.45, 7) is 3.51. The van der Waals surface area contributed by atoms with E-state index in [0.29, 0.717) is 26.3 Å².